The summed E-state index contributed by atoms with van der Waals surface area (Å²) in [5.74, 6) is 0.103. The number of hydrogen-bond donors (Lipinski definition) is 1. The first-order valence-corrected chi connectivity index (χ1v) is 5.84. The Hall–Kier alpha value is -1.49. The number of aromatic nitrogens is 2. The van der Waals surface area contributed by atoms with Crippen molar-refractivity contribution in [2.24, 2.45) is 5.92 Å². The summed E-state index contributed by atoms with van der Waals surface area (Å²) < 4.78 is 0. The van der Waals surface area contributed by atoms with Gasteiger partial charge in [-0.3, -0.25) is 9.78 Å². The van der Waals surface area contributed by atoms with Crippen molar-refractivity contribution in [1.82, 2.24) is 14.9 Å². The summed E-state index contributed by atoms with van der Waals surface area (Å²) in [4.78, 5) is 21.8. The second kappa shape index (κ2) is 4.79. The van der Waals surface area contributed by atoms with Crippen molar-refractivity contribution in [2.45, 2.75) is 26.4 Å². The number of carbonyl (C=O) groups excluding carboxylic acids is 1. The largest absolute Gasteiger partial charge is 0.391 e. The molecule has 0 bridgehead atoms. The van der Waals surface area contributed by atoms with Crippen molar-refractivity contribution in [3.8, 4) is 0 Å². The SMILES string of the molecule is Cc1cnc(C(=O)N2CCC(C)C(O)C2)cn1. The van der Waals surface area contributed by atoms with Crippen LogP contribution in [-0.2, 0) is 0 Å². The molecule has 5 heteroatoms. The Morgan fingerprint density at radius 2 is 2.24 bits per heavy atom. The smallest absolute Gasteiger partial charge is 0.274 e. The summed E-state index contributed by atoms with van der Waals surface area (Å²) in [6.45, 7) is 4.88. The van der Waals surface area contributed by atoms with Crippen molar-refractivity contribution in [3.05, 3.63) is 23.8 Å². The van der Waals surface area contributed by atoms with Gasteiger partial charge in [-0.05, 0) is 19.3 Å². The number of nitrogens with zero attached hydrogens (tertiary/aromatic N) is 3. The fourth-order valence-electron chi connectivity index (χ4n) is 1.90. The molecule has 0 radical (unpaired) electrons. The fraction of sp³-hybridized carbons (Fsp3) is 0.583. The van der Waals surface area contributed by atoms with Crippen molar-refractivity contribution in [1.29, 1.82) is 0 Å². The Labute approximate surface area is 100 Å². The Morgan fingerprint density at radius 1 is 1.47 bits per heavy atom. The molecule has 2 heterocycles. The van der Waals surface area contributed by atoms with Crippen LogP contribution in [0.2, 0.25) is 0 Å². The predicted octanol–water partition coefficient (Wildman–Crippen LogP) is 0.628. The van der Waals surface area contributed by atoms with Gasteiger partial charge >= 0.3 is 0 Å². The molecular weight excluding hydrogens is 218 g/mol. The number of aryl methyl sites for hydroxylation is 1. The Kier molecular flexibility index (Phi) is 3.38. The molecule has 0 saturated carbocycles. The lowest BCUT2D eigenvalue weighted by molar-refractivity contribution is 0.0245. The molecular formula is C12H17N3O2. The van der Waals surface area contributed by atoms with Gasteiger partial charge in [0.25, 0.3) is 5.91 Å². The number of likely N-dealkylation sites (tertiary alicyclic amines) is 1. The fourth-order valence-corrected chi connectivity index (χ4v) is 1.90. The zero-order valence-corrected chi connectivity index (χ0v) is 10.1. The van der Waals surface area contributed by atoms with E-state index in [0.717, 1.165) is 12.1 Å². The van der Waals surface area contributed by atoms with E-state index in [1.54, 1.807) is 11.1 Å². The third-order valence-corrected chi connectivity index (χ3v) is 3.21. The van der Waals surface area contributed by atoms with E-state index >= 15 is 0 Å². The summed E-state index contributed by atoms with van der Waals surface area (Å²) in [5, 5.41) is 9.76. The van der Waals surface area contributed by atoms with E-state index in [2.05, 4.69) is 9.97 Å². The summed E-state index contributed by atoms with van der Waals surface area (Å²) in [7, 11) is 0. The van der Waals surface area contributed by atoms with Crippen LogP contribution in [0.15, 0.2) is 12.4 Å². The first kappa shape index (κ1) is 12.0. The summed E-state index contributed by atoms with van der Waals surface area (Å²) in [6.07, 6.45) is 3.45. The predicted molar refractivity (Wildman–Crippen MR) is 62.5 cm³/mol. The highest BCUT2D eigenvalue weighted by molar-refractivity contribution is 5.92. The minimum Gasteiger partial charge on any atom is -0.391 e. The number of carbonyl (C=O) groups is 1. The molecule has 1 saturated heterocycles. The molecule has 5 nitrogen and oxygen atoms in total. The van der Waals surface area contributed by atoms with Crippen molar-refractivity contribution < 1.29 is 9.90 Å². The van der Waals surface area contributed by atoms with Gasteiger partial charge in [0.2, 0.25) is 0 Å². The summed E-state index contributed by atoms with van der Waals surface area (Å²) in [6, 6.07) is 0. The maximum atomic E-state index is 12.1. The Balaban J connectivity index is 2.08. The lowest BCUT2D eigenvalue weighted by Crippen LogP contribution is -2.46. The molecule has 0 aromatic carbocycles. The third kappa shape index (κ3) is 2.61. The molecule has 2 rings (SSSR count). The lowest BCUT2D eigenvalue weighted by atomic mass is 9.96. The average molecular weight is 235 g/mol. The van der Waals surface area contributed by atoms with Crippen molar-refractivity contribution in [2.75, 3.05) is 13.1 Å². The summed E-state index contributed by atoms with van der Waals surface area (Å²) >= 11 is 0. The zero-order valence-electron chi connectivity index (χ0n) is 10.1. The number of aliphatic hydroxyl groups excluding tert-OH is 1. The molecule has 1 aromatic rings. The van der Waals surface area contributed by atoms with E-state index in [4.69, 9.17) is 0 Å². The van der Waals surface area contributed by atoms with Gasteiger partial charge in [-0.1, -0.05) is 6.92 Å². The van der Waals surface area contributed by atoms with E-state index in [-0.39, 0.29) is 11.8 Å². The van der Waals surface area contributed by atoms with Crippen LogP contribution in [-0.4, -0.2) is 45.1 Å². The molecule has 1 aliphatic rings. The quantitative estimate of drug-likeness (QED) is 0.775. The van der Waals surface area contributed by atoms with Crippen LogP contribution in [0.4, 0.5) is 0 Å². The van der Waals surface area contributed by atoms with E-state index in [0.29, 0.717) is 18.8 Å². The van der Waals surface area contributed by atoms with Crippen LogP contribution < -0.4 is 0 Å². The monoisotopic (exact) mass is 235 g/mol. The number of aliphatic hydroxyl groups is 1. The van der Waals surface area contributed by atoms with E-state index in [1.165, 1.54) is 6.20 Å². The van der Waals surface area contributed by atoms with Gasteiger partial charge in [0.15, 0.2) is 0 Å². The molecule has 0 aliphatic carbocycles. The van der Waals surface area contributed by atoms with E-state index < -0.39 is 6.10 Å². The van der Waals surface area contributed by atoms with Crippen LogP contribution in [0.3, 0.4) is 0 Å². The highest BCUT2D eigenvalue weighted by Crippen LogP contribution is 2.18. The standard InChI is InChI=1S/C12H17N3O2/c1-8-3-4-15(7-11(8)16)12(17)10-6-13-9(2)5-14-10/h5-6,8,11,16H,3-4,7H2,1-2H3. The Morgan fingerprint density at radius 3 is 2.82 bits per heavy atom. The Bertz CT molecular complexity index is 405. The molecule has 17 heavy (non-hydrogen) atoms. The first-order chi connectivity index (χ1) is 8.08. The average Bonchev–Trinajstić information content (AvgIpc) is 2.33. The lowest BCUT2D eigenvalue weighted by Gasteiger charge is -2.33. The zero-order chi connectivity index (χ0) is 12.4. The number of rotatable bonds is 1. The molecule has 1 amide bonds. The van der Waals surface area contributed by atoms with E-state index in [1.807, 2.05) is 13.8 Å². The normalized spacial score (nSPS) is 24.8. The molecule has 1 N–H and O–H groups in total. The minimum atomic E-state index is -0.439. The second-order valence-corrected chi connectivity index (χ2v) is 4.63. The second-order valence-electron chi connectivity index (χ2n) is 4.63. The molecule has 1 aromatic heterocycles. The van der Waals surface area contributed by atoms with Gasteiger partial charge < -0.3 is 10.0 Å². The number of β-amino-alcohol motifs (C(OH)–C–C–N with tert-alkyl or cyclic N) is 1. The topological polar surface area (TPSA) is 66.3 Å². The molecule has 0 spiro atoms. The van der Waals surface area contributed by atoms with Gasteiger partial charge in [-0.25, -0.2) is 4.98 Å². The van der Waals surface area contributed by atoms with Crippen LogP contribution in [0.1, 0.15) is 29.5 Å². The summed E-state index contributed by atoms with van der Waals surface area (Å²) in [5.41, 5.74) is 1.13. The highest BCUT2D eigenvalue weighted by atomic mass is 16.3. The van der Waals surface area contributed by atoms with Crippen molar-refractivity contribution in [3.63, 3.8) is 0 Å². The van der Waals surface area contributed by atoms with Gasteiger partial charge in [-0.15, -0.1) is 0 Å². The van der Waals surface area contributed by atoms with Crippen LogP contribution in [0, 0.1) is 12.8 Å². The molecule has 1 aliphatic heterocycles. The molecule has 2 unspecified atom stereocenters. The van der Waals surface area contributed by atoms with Crippen LogP contribution in [0.5, 0.6) is 0 Å². The third-order valence-electron chi connectivity index (χ3n) is 3.21. The first-order valence-electron chi connectivity index (χ1n) is 5.84. The van der Waals surface area contributed by atoms with Gasteiger partial charge in [-0.2, -0.15) is 0 Å². The minimum absolute atomic E-state index is 0.150. The van der Waals surface area contributed by atoms with Crippen LogP contribution >= 0.6 is 0 Å². The van der Waals surface area contributed by atoms with Gasteiger partial charge in [0.05, 0.1) is 18.0 Å². The van der Waals surface area contributed by atoms with Gasteiger partial charge in [0.1, 0.15) is 5.69 Å². The maximum absolute atomic E-state index is 12.1. The molecule has 2 atom stereocenters. The number of piperidine rings is 1. The highest BCUT2D eigenvalue weighted by Gasteiger charge is 2.28. The van der Waals surface area contributed by atoms with Crippen molar-refractivity contribution >= 4 is 5.91 Å². The van der Waals surface area contributed by atoms with E-state index in [9.17, 15) is 9.90 Å². The maximum Gasteiger partial charge on any atom is 0.274 e. The number of hydrogen-bond acceptors (Lipinski definition) is 4. The van der Waals surface area contributed by atoms with Gasteiger partial charge in [0, 0.05) is 19.3 Å². The molecule has 1 fully saturated rings. The molecule has 92 valence electrons. The number of amides is 1. The van der Waals surface area contributed by atoms with Crippen LogP contribution in [0.25, 0.3) is 0 Å².